The highest BCUT2D eigenvalue weighted by atomic mass is 35.5. The lowest BCUT2D eigenvalue weighted by atomic mass is 9.88. The Morgan fingerprint density at radius 3 is 2.50 bits per heavy atom. The van der Waals surface area contributed by atoms with Crippen molar-refractivity contribution >= 4 is 11.6 Å². The summed E-state index contributed by atoms with van der Waals surface area (Å²) in [6.45, 7) is 4.65. The van der Waals surface area contributed by atoms with Crippen molar-refractivity contribution in [1.29, 1.82) is 0 Å². The molecule has 0 N–H and O–H groups in total. The lowest BCUT2D eigenvalue weighted by Gasteiger charge is -2.38. The molecule has 0 radical (unpaired) electrons. The molecule has 1 heterocycles. The van der Waals surface area contributed by atoms with Gasteiger partial charge in [0, 0.05) is 17.6 Å². The molecular weight excluding hydrogens is 290 g/mol. The van der Waals surface area contributed by atoms with Gasteiger partial charge in [-0.2, -0.15) is 0 Å². The lowest BCUT2D eigenvalue weighted by molar-refractivity contribution is 0.144. The molecular formula is C20H24ClN. The van der Waals surface area contributed by atoms with E-state index in [0.29, 0.717) is 12.0 Å². The van der Waals surface area contributed by atoms with Crippen LogP contribution >= 0.6 is 11.6 Å². The Balaban J connectivity index is 1.75. The summed E-state index contributed by atoms with van der Waals surface area (Å²) in [5.41, 5.74) is 2.87. The Labute approximate surface area is 138 Å². The first-order valence-electron chi connectivity index (χ1n) is 8.32. The van der Waals surface area contributed by atoms with Crippen LogP contribution in [0.5, 0.6) is 0 Å². The van der Waals surface area contributed by atoms with Gasteiger partial charge in [0.2, 0.25) is 0 Å². The van der Waals surface area contributed by atoms with E-state index < -0.39 is 0 Å². The molecule has 1 aliphatic rings. The van der Waals surface area contributed by atoms with Crippen molar-refractivity contribution in [2.75, 3.05) is 13.1 Å². The summed E-state index contributed by atoms with van der Waals surface area (Å²) in [5.74, 6) is 0.628. The molecule has 1 aliphatic heterocycles. The summed E-state index contributed by atoms with van der Waals surface area (Å²) < 4.78 is 0. The summed E-state index contributed by atoms with van der Waals surface area (Å²) in [6, 6.07) is 19.9. The van der Waals surface area contributed by atoms with Crippen molar-refractivity contribution in [1.82, 2.24) is 4.90 Å². The van der Waals surface area contributed by atoms with E-state index >= 15 is 0 Å². The minimum absolute atomic E-state index is 0.538. The summed E-state index contributed by atoms with van der Waals surface area (Å²) in [5, 5.41) is 0.826. The van der Waals surface area contributed by atoms with Gasteiger partial charge in [-0.1, -0.05) is 61.0 Å². The quantitative estimate of drug-likeness (QED) is 0.703. The Bertz CT molecular complexity index is 578. The molecule has 0 bridgehead atoms. The molecule has 1 nitrogen and oxygen atoms in total. The molecule has 2 aromatic carbocycles. The topological polar surface area (TPSA) is 3.24 Å². The van der Waals surface area contributed by atoms with Crippen molar-refractivity contribution < 1.29 is 0 Å². The number of rotatable bonds is 4. The Morgan fingerprint density at radius 1 is 1.09 bits per heavy atom. The van der Waals surface area contributed by atoms with Crippen LogP contribution in [0.4, 0.5) is 0 Å². The zero-order valence-corrected chi connectivity index (χ0v) is 14.0. The van der Waals surface area contributed by atoms with E-state index in [1.54, 1.807) is 0 Å². The number of nitrogens with zero attached hydrogens (tertiary/aromatic N) is 1. The summed E-state index contributed by atoms with van der Waals surface area (Å²) in [7, 11) is 0. The maximum absolute atomic E-state index is 6.02. The van der Waals surface area contributed by atoms with E-state index in [0.717, 1.165) is 18.0 Å². The molecule has 0 aliphatic carbocycles. The van der Waals surface area contributed by atoms with Crippen LogP contribution in [0.3, 0.4) is 0 Å². The number of hydrogen-bond donors (Lipinski definition) is 0. The molecule has 22 heavy (non-hydrogen) atoms. The third-order valence-corrected chi connectivity index (χ3v) is 5.06. The van der Waals surface area contributed by atoms with Crippen LogP contribution < -0.4 is 0 Å². The fourth-order valence-electron chi connectivity index (χ4n) is 3.68. The van der Waals surface area contributed by atoms with Crippen molar-refractivity contribution in [3.63, 3.8) is 0 Å². The zero-order chi connectivity index (χ0) is 15.4. The van der Waals surface area contributed by atoms with Crippen LogP contribution in [0.25, 0.3) is 0 Å². The highest BCUT2D eigenvalue weighted by Gasteiger charge is 2.26. The molecule has 0 spiro atoms. The molecule has 0 aromatic heterocycles. The van der Waals surface area contributed by atoms with E-state index in [9.17, 15) is 0 Å². The molecule has 0 saturated carbocycles. The van der Waals surface area contributed by atoms with Gasteiger partial charge in [0.25, 0.3) is 0 Å². The summed E-state index contributed by atoms with van der Waals surface area (Å²) >= 11 is 6.02. The second kappa shape index (κ2) is 7.30. The third-order valence-electron chi connectivity index (χ3n) is 4.81. The molecule has 2 unspecified atom stereocenters. The molecule has 1 saturated heterocycles. The molecule has 0 amide bonds. The largest absolute Gasteiger partial charge is 0.296 e. The number of piperidine rings is 1. The van der Waals surface area contributed by atoms with Gasteiger partial charge in [-0.25, -0.2) is 0 Å². The Hall–Kier alpha value is -1.31. The molecule has 1 fully saturated rings. The van der Waals surface area contributed by atoms with Gasteiger partial charge in [-0.05, 0) is 55.0 Å². The van der Waals surface area contributed by atoms with Crippen LogP contribution in [-0.2, 0) is 0 Å². The first-order chi connectivity index (χ1) is 10.8. The van der Waals surface area contributed by atoms with Crippen molar-refractivity contribution in [3.8, 4) is 0 Å². The highest BCUT2D eigenvalue weighted by molar-refractivity contribution is 6.30. The fourth-order valence-corrected chi connectivity index (χ4v) is 3.80. The minimum atomic E-state index is 0.538. The van der Waals surface area contributed by atoms with Gasteiger partial charge in [-0.3, -0.25) is 4.90 Å². The van der Waals surface area contributed by atoms with E-state index in [1.807, 2.05) is 12.1 Å². The number of benzene rings is 2. The van der Waals surface area contributed by atoms with E-state index in [2.05, 4.69) is 54.3 Å². The zero-order valence-electron chi connectivity index (χ0n) is 13.2. The highest BCUT2D eigenvalue weighted by Crippen LogP contribution is 2.33. The van der Waals surface area contributed by atoms with Crippen molar-refractivity contribution in [2.24, 2.45) is 0 Å². The van der Waals surface area contributed by atoms with Crippen LogP contribution in [-0.4, -0.2) is 18.0 Å². The van der Waals surface area contributed by atoms with Gasteiger partial charge >= 0.3 is 0 Å². The molecule has 116 valence electrons. The minimum Gasteiger partial charge on any atom is -0.296 e. The van der Waals surface area contributed by atoms with E-state index in [4.69, 9.17) is 11.6 Å². The lowest BCUT2D eigenvalue weighted by Crippen LogP contribution is -2.37. The average Bonchev–Trinajstić information content (AvgIpc) is 2.57. The van der Waals surface area contributed by atoms with Crippen LogP contribution in [0, 0.1) is 0 Å². The number of halogens is 1. The van der Waals surface area contributed by atoms with Crippen LogP contribution in [0.2, 0.25) is 5.02 Å². The maximum atomic E-state index is 6.02. The predicted molar refractivity (Wildman–Crippen MR) is 94.5 cm³/mol. The fraction of sp³-hybridized carbons (Fsp3) is 0.400. The monoisotopic (exact) mass is 313 g/mol. The van der Waals surface area contributed by atoms with Gasteiger partial charge in [0.1, 0.15) is 0 Å². The van der Waals surface area contributed by atoms with Gasteiger partial charge < -0.3 is 0 Å². The maximum Gasteiger partial charge on any atom is 0.0406 e. The smallest absolute Gasteiger partial charge is 0.0406 e. The number of hydrogen-bond acceptors (Lipinski definition) is 1. The number of likely N-dealkylation sites (tertiary alicyclic amines) is 1. The third kappa shape index (κ3) is 3.53. The second-order valence-corrected chi connectivity index (χ2v) is 6.66. The normalized spacial score (nSPS) is 20.7. The molecule has 3 rings (SSSR count). The summed E-state index contributed by atoms with van der Waals surface area (Å²) in [6.07, 6.45) is 3.72. The standard InChI is InChI=1S/C20H24ClN/c1-2-20(17-7-4-3-5-8-17)22-14-6-9-18(15-22)16-10-12-19(21)13-11-16/h3-5,7-8,10-13,18,20H,2,6,9,14-15H2,1H3. The molecule has 2 heteroatoms. The van der Waals surface area contributed by atoms with E-state index in [-0.39, 0.29) is 0 Å². The average molecular weight is 314 g/mol. The molecule has 2 aromatic rings. The first-order valence-corrected chi connectivity index (χ1v) is 8.70. The van der Waals surface area contributed by atoms with Crippen molar-refractivity contribution in [2.45, 2.75) is 38.1 Å². The van der Waals surface area contributed by atoms with Gasteiger partial charge in [0.05, 0.1) is 0 Å². The Morgan fingerprint density at radius 2 is 1.82 bits per heavy atom. The Kier molecular flexibility index (Phi) is 5.17. The van der Waals surface area contributed by atoms with Crippen LogP contribution in [0.1, 0.15) is 49.3 Å². The molecule has 2 atom stereocenters. The van der Waals surface area contributed by atoms with Gasteiger partial charge in [0.15, 0.2) is 0 Å². The first kappa shape index (κ1) is 15.6. The van der Waals surface area contributed by atoms with E-state index in [1.165, 1.54) is 30.5 Å². The van der Waals surface area contributed by atoms with Crippen LogP contribution in [0.15, 0.2) is 54.6 Å². The summed E-state index contributed by atoms with van der Waals surface area (Å²) in [4.78, 5) is 2.66. The van der Waals surface area contributed by atoms with Crippen molar-refractivity contribution in [3.05, 3.63) is 70.7 Å². The predicted octanol–water partition coefficient (Wildman–Crippen LogP) is 5.67. The van der Waals surface area contributed by atoms with Gasteiger partial charge in [-0.15, -0.1) is 0 Å². The SMILES string of the molecule is CCC(c1ccccc1)N1CCCC(c2ccc(Cl)cc2)C1. The second-order valence-electron chi connectivity index (χ2n) is 6.22.